The minimum absolute atomic E-state index is 0.911. The molecule has 9 aromatic rings. The molecule has 0 aliphatic carbocycles. The highest BCUT2D eigenvalue weighted by molar-refractivity contribution is 6.70. The van der Waals surface area contributed by atoms with E-state index in [-0.39, 0.29) is 0 Å². The van der Waals surface area contributed by atoms with Gasteiger partial charge in [-0.05, 0) is 90.3 Å². The van der Waals surface area contributed by atoms with Gasteiger partial charge < -0.3 is 4.42 Å². The van der Waals surface area contributed by atoms with Crippen molar-refractivity contribution in [2.24, 2.45) is 0 Å². The molecule has 0 spiro atoms. The van der Waals surface area contributed by atoms with Crippen LogP contribution in [0.5, 0.6) is 0 Å². The quantitative estimate of drug-likeness (QED) is 0.134. The van der Waals surface area contributed by atoms with Crippen molar-refractivity contribution in [3.05, 3.63) is 109 Å². The summed E-state index contributed by atoms with van der Waals surface area (Å²) in [6, 6.07) is 40.5. The zero-order chi connectivity index (χ0) is 38.4. The van der Waals surface area contributed by atoms with Crippen molar-refractivity contribution in [2.45, 2.75) is 0 Å². The second kappa shape index (κ2) is 13.2. The van der Waals surface area contributed by atoms with Crippen molar-refractivity contribution < 1.29 is 4.42 Å². The molecular formula is C44H38B10O. The first-order chi connectivity index (χ1) is 26.5. The van der Waals surface area contributed by atoms with Crippen molar-refractivity contribution in [1.29, 1.82) is 0 Å². The molecule has 8 aromatic carbocycles. The molecule has 0 fully saturated rings. The van der Waals surface area contributed by atoms with Crippen LogP contribution in [0.25, 0.3) is 88.0 Å². The Bertz CT molecular complexity index is 2910. The monoisotopic (exact) mass is 692 g/mol. The van der Waals surface area contributed by atoms with Gasteiger partial charge in [0, 0.05) is 10.8 Å². The van der Waals surface area contributed by atoms with E-state index in [4.69, 9.17) is 4.42 Å². The maximum Gasteiger partial charge on any atom is 0.139 e. The predicted octanol–water partition coefficient (Wildman–Crippen LogP) is -4.86. The molecule has 0 radical (unpaired) electrons. The third kappa shape index (κ3) is 5.30. The number of hydrogen-bond donors (Lipinski definition) is 0. The fourth-order valence-electron chi connectivity index (χ4n) is 9.59. The Labute approximate surface area is 333 Å². The van der Waals surface area contributed by atoms with Crippen LogP contribution in [-0.2, 0) is 0 Å². The fraction of sp³-hybridized carbons (Fsp3) is 0. The maximum atomic E-state index is 6.50. The number of furan rings is 1. The Kier molecular flexibility index (Phi) is 8.50. The van der Waals surface area contributed by atoms with Crippen LogP contribution in [0.2, 0.25) is 0 Å². The van der Waals surface area contributed by atoms with E-state index in [9.17, 15) is 0 Å². The van der Waals surface area contributed by atoms with Gasteiger partial charge >= 0.3 is 0 Å². The van der Waals surface area contributed by atoms with Crippen molar-refractivity contribution in [2.75, 3.05) is 0 Å². The summed E-state index contributed by atoms with van der Waals surface area (Å²) in [5.74, 6) is 0. The normalized spacial score (nSPS) is 11.6. The molecule has 0 N–H and O–H groups in total. The van der Waals surface area contributed by atoms with E-state index in [0.717, 1.165) is 21.9 Å². The zero-order valence-electron chi connectivity index (χ0n) is 33.8. The number of fused-ring (bicyclic) bond motifs is 5. The third-order valence-electron chi connectivity index (χ3n) is 13.4. The Morgan fingerprint density at radius 3 is 1.27 bits per heavy atom. The van der Waals surface area contributed by atoms with E-state index in [0.29, 0.717) is 0 Å². The maximum absolute atomic E-state index is 6.50. The summed E-state index contributed by atoms with van der Waals surface area (Å²) in [5, 5.41) is 7.30. The number of para-hydroxylation sites is 1. The second-order valence-corrected chi connectivity index (χ2v) is 15.9. The summed E-state index contributed by atoms with van der Waals surface area (Å²) in [5.41, 5.74) is 25.7. The highest BCUT2D eigenvalue weighted by atomic mass is 16.3. The van der Waals surface area contributed by atoms with Gasteiger partial charge in [0.05, 0.1) is 0 Å². The summed E-state index contributed by atoms with van der Waals surface area (Å²) < 4.78 is 6.50. The van der Waals surface area contributed by atoms with Crippen LogP contribution < -0.4 is 54.6 Å². The summed E-state index contributed by atoms with van der Waals surface area (Å²) in [6.45, 7) is 0. The summed E-state index contributed by atoms with van der Waals surface area (Å²) in [7, 11) is 22.8. The van der Waals surface area contributed by atoms with Gasteiger partial charge in [-0.1, -0.05) is 107 Å². The van der Waals surface area contributed by atoms with E-state index in [1.54, 1.807) is 0 Å². The van der Waals surface area contributed by atoms with Gasteiger partial charge in [0.15, 0.2) is 0 Å². The molecule has 0 aliphatic heterocycles. The van der Waals surface area contributed by atoms with Crippen LogP contribution in [0, 0.1) is 0 Å². The Morgan fingerprint density at radius 2 is 0.745 bits per heavy atom. The first-order valence-electron chi connectivity index (χ1n) is 19.6. The minimum Gasteiger partial charge on any atom is -0.456 e. The van der Waals surface area contributed by atoms with Crippen molar-refractivity contribution in [3.63, 3.8) is 0 Å². The molecule has 11 heteroatoms. The van der Waals surface area contributed by atoms with Crippen LogP contribution in [0.15, 0.2) is 114 Å². The Morgan fingerprint density at radius 1 is 0.291 bits per heavy atom. The van der Waals surface area contributed by atoms with Gasteiger partial charge in [-0.25, -0.2) is 0 Å². The van der Waals surface area contributed by atoms with Gasteiger partial charge in [0.2, 0.25) is 0 Å². The zero-order valence-corrected chi connectivity index (χ0v) is 33.8. The molecule has 0 atom stereocenters. The van der Waals surface area contributed by atoms with Crippen LogP contribution >= 0.6 is 0 Å². The lowest BCUT2D eigenvalue weighted by Gasteiger charge is -2.24. The van der Waals surface area contributed by atoms with Crippen molar-refractivity contribution >= 4 is 177 Å². The summed E-state index contributed by atoms with van der Waals surface area (Å²) in [6.07, 6.45) is 0. The SMILES string of the molecule is Bc1c(B)c(B)c(-c2ccc3c(-c4cccc5oc6ccccc6c45)c4ccc(-c5c(B)c(B)c(B)c(B)c5B)cc4c(-c4ccccc4)c3c2)c(B)c1B. The molecule has 55 heavy (non-hydrogen) atoms. The molecule has 1 nitrogen and oxygen atoms in total. The van der Waals surface area contributed by atoms with E-state index >= 15 is 0 Å². The molecular weight excluding hydrogens is 653 g/mol. The number of benzene rings is 8. The molecule has 1 heterocycles. The molecule has 1 aromatic heterocycles. The first kappa shape index (κ1) is 35.4. The van der Waals surface area contributed by atoms with E-state index in [2.05, 4.69) is 188 Å². The minimum atomic E-state index is 0.911. The van der Waals surface area contributed by atoms with Gasteiger partial charge in [0.1, 0.15) is 89.6 Å². The molecule has 9 rings (SSSR count). The highest BCUT2D eigenvalue weighted by Gasteiger charge is 2.23. The standard InChI is InChI=1S/C44H38B10O/c45-35-31(36(46)40(50)43(53)39(35)49)20-13-15-22-26(17-20)30(19-7-2-1-3-8-19)27-18-21(32-37(47)41(51)44(54)42(52)38(32)48)14-16-23(27)33(22)25-10-6-12-29-34(25)24-9-4-5-11-28(24)55-29/h1-18H,45-54H2. The first-order valence-corrected chi connectivity index (χ1v) is 19.6. The molecule has 0 saturated carbocycles. The topological polar surface area (TPSA) is 13.1 Å². The van der Waals surface area contributed by atoms with E-state index in [1.807, 2.05) is 0 Å². The van der Waals surface area contributed by atoms with Gasteiger partial charge in [-0.2, -0.15) is 0 Å². The lowest BCUT2D eigenvalue weighted by Crippen LogP contribution is -2.55. The van der Waals surface area contributed by atoms with Gasteiger partial charge in [-0.3, -0.25) is 0 Å². The second-order valence-electron chi connectivity index (χ2n) is 15.9. The lowest BCUT2D eigenvalue weighted by atomic mass is 9.59. The van der Waals surface area contributed by atoms with Gasteiger partial charge in [0.25, 0.3) is 0 Å². The van der Waals surface area contributed by atoms with E-state index < -0.39 is 0 Å². The molecule has 0 saturated heterocycles. The molecule has 0 aliphatic rings. The largest absolute Gasteiger partial charge is 0.456 e. The predicted molar refractivity (Wildman–Crippen MR) is 272 cm³/mol. The van der Waals surface area contributed by atoms with Crippen LogP contribution in [0.3, 0.4) is 0 Å². The van der Waals surface area contributed by atoms with Crippen molar-refractivity contribution in [3.8, 4) is 44.5 Å². The Balaban J connectivity index is 1.50. The summed E-state index contributed by atoms with van der Waals surface area (Å²) in [4.78, 5) is 0. The number of hydrogen-bond acceptors (Lipinski definition) is 1. The summed E-state index contributed by atoms with van der Waals surface area (Å²) >= 11 is 0. The molecule has 0 unspecified atom stereocenters. The van der Waals surface area contributed by atoms with E-state index in [1.165, 1.54) is 121 Å². The highest BCUT2D eigenvalue weighted by Crippen LogP contribution is 2.48. The molecule has 250 valence electrons. The third-order valence-corrected chi connectivity index (χ3v) is 13.4. The smallest absolute Gasteiger partial charge is 0.139 e. The van der Waals surface area contributed by atoms with Crippen molar-refractivity contribution in [1.82, 2.24) is 0 Å². The lowest BCUT2D eigenvalue weighted by molar-refractivity contribution is 0.669. The molecule has 0 bridgehead atoms. The number of rotatable bonds is 4. The van der Waals surface area contributed by atoms with Crippen LogP contribution in [-0.4, -0.2) is 78.5 Å². The average molecular weight is 691 g/mol. The fourth-order valence-corrected chi connectivity index (χ4v) is 9.59. The average Bonchev–Trinajstić information content (AvgIpc) is 3.59. The van der Waals surface area contributed by atoms with Gasteiger partial charge in [-0.15, -0.1) is 32.8 Å². The van der Waals surface area contributed by atoms with Crippen LogP contribution in [0.4, 0.5) is 0 Å². The Hall–Kier alpha value is -5.27. The van der Waals surface area contributed by atoms with Crippen LogP contribution in [0.1, 0.15) is 0 Å². The molecule has 0 amide bonds.